The van der Waals surface area contributed by atoms with Crippen LogP contribution in [0.4, 0.5) is 35.1 Å². The van der Waals surface area contributed by atoms with Gasteiger partial charge in [0.15, 0.2) is 51.4 Å². The van der Waals surface area contributed by atoms with E-state index in [2.05, 4.69) is 34.6 Å². The molecule has 6 heterocycles. The highest BCUT2D eigenvalue weighted by molar-refractivity contribution is 7.91. The van der Waals surface area contributed by atoms with Crippen LogP contribution >= 0.6 is 0 Å². The zero-order valence-electron chi connectivity index (χ0n) is 58.5. The molecule has 0 radical (unpaired) electrons. The number of alkyl halides is 6. The number of aryl methyl sites for hydroxylation is 2. The third-order valence-corrected chi connectivity index (χ3v) is 20.7. The molecule has 109 heavy (non-hydrogen) atoms. The molecular weight excluding hydrogens is 1500 g/mol. The second-order valence-corrected chi connectivity index (χ2v) is 32.2. The number of nitrogens with zero attached hydrogens (tertiary/aromatic N) is 6. The summed E-state index contributed by atoms with van der Waals surface area (Å²) in [7, 11) is -11.8. The number of hydrogen-bond acceptors (Lipinski definition) is 18. The summed E-state index contributed by atoms with van der Waals surface area (Å²) < 4.78 is 228. The number of ether oxygens (including phenoxy) is 6. The minimum atomic E-state index is -4.00. The number of nitrogens with one attached hydrogen (secondary N) is 3. The maximum absolute atomic E-state index is 16.7. The van der Waals surface area contributed by atoms with Crippen LogP contribution < -0.4 is 45.5 Å². The molecule has 0 spiro atoms. The highest BCUT2D eigenvalue weighted by atomic mass is 32.2. The Labute approximate surface area is 615 Å². The van der Waals surface area contributed by atoms with E-state index in [0.717, 1.165) is 50.7 Å². The average molecular weight is 1570 g/mol. The third kappa shape index (κ3) is 17.3. The molecule has 3 unspecified atom stereocenters. The first-order chi connectivity index (χ1) is 51.7. The number of pyridine rings is 3. The number of H-pyrrole nitrogens is 3. The summed E-state index contributed by atoms with van der Waals surface area (Å²) in [6, 6.07) is 25.8. The first kappa shape index (κ1) is 77.3. The van der Waals surface area contributed by atoms with E-state index in [-0.39, 0.29) is 121 Å². The molecule has 24 nitrogen and oxygen atoms in total. The maximum atomic E-state index is 16.7. The van der Waals surface area contributed by atoms with E-state index < -0.39 is 132 Å². The summed E-state index contributed by atoms with van der Waals surface area (Å²) in [6.07, 6.45) is 6.79. The molecule has 6 aromatic heterocycles. The molecule has 0 aliphatic rings. The van der Waals surface area contributed by atoms with Gasteiger partial charge in [-0.3, -0.25) is 13.7 Å². The fourth-order valence-electron chi connectivity index (χ4n) is 13.2. The predicted molar refractivity (Wildman–Crippen MR) is 389 cm³/mol. The van der Waals surface area contributed by atoms with Crippen molar-refractivity contribution in [3.05, 3.63) is 228 Å². The zero-order valence-corrected chi connectivity index (χ0v) is 61.0. The molecule has 0 saturated carbocycles. The van der Waals surface area contributed by atoms with Gasteiger partial charge in [0.1, 0.15) is 41.1 Å². The molecule has 0 saturated heterocycles. The van der Waals surface area contributed by atoms with Crippen molar-refractivity contribution in [1.29, 1.82) is 0 Å². The van der Waals surface area contributed by atoms with Gasteiger partial charge in [0, 0.05) is 78.0 Å². The van der Waals surface area contributed by atoms with Crippen molar-refractivity contribution in [2.75, 3.05) is 55.8 Å². The molecule has 12 rings (SSSR count). The molecule has 0 aliphatic carbocycles. The Morgan fingerprint density at radius 2 is 0.881 bits per heavy atom. The number of aromatic amines is 3. The van der Waals surface area contributed by atoms with Crippen LogP contribution in [0, 0.1) is 25.5 Å². The first-order valence-electron chi connectivity index (χ1n) is 33.3. The monoisotopic (exact) mass is 1570 g/mol. The van der Waals surface area contributed by atoms with Crippen molar-refractivity contribution in [2.45, 2.75) is 71.6 Å². The number of halogens is 8. The Kier molecular flexibility index (Phi) is 22.3. The molecular formula is C74H67F8N9O15S3. The van der Waals surface area contributed by atoms with E-state index in [1.807, 2.05) is 0 Å². The molecule has 6 aromatic carbocycles. The van der Waals surface area contributed by atoms with Crippen molar-refractivity contribution in [1.82, 2.24) is 43.6 Å². The van der Waals surface area contributed by atoms with Gasteiger partial charge >= 0.3 is 36.9 Å². The van der Waals surface area contributed by atoms with Crippen molar-refractivity contribution < 1.29 is 88.8 Å². The van der Waals surface area contributed by atoms with Gasteiger partial charge in [-0.15, -0.1) is 0 Å². The second-order valence-electron chi connectivity index (χ2n) is 25.7. The van der Waals surface area contributed by atoms with Crippen LogP contribution in [0.5, 0.6) is 34.5 Å². The summed E-state index contributed by atoms with van der Waals surface area (Å²) in [5.41, 5.74) is 1.78. The lowest BCUT2D eigenvalue weighted by molar-refractivity contribution is -0.0521. The number of benzene rings is 6. The fraction of sp³-hybridized carbons (Fsp3) is 0.270. The Morgan fingerprint density at radius 1 is 0.440 bits per heavy atom. The van der Waals surface area contributed by atoms with E-state index in [4.69, 9.17) is 23.7 Å². The largest absolute Gasteiger partial charge is 0.490 e. The standard InChI is InChI=1S/C74H67F8N9O15S3/c1-7-101-60-30-44(18-21-57(60)104-69(77)78)54(36-107(4,95)96)89-66-53(86-72(89)92)29-47(33-83-66)48-16-11-13-42(63(48)76)25-27-103-62-32-46(20-23-59(62)106-71(81)82)55(37-108(5,97)98)90-67-64(87-73(90)93)39(2)50(34-84-67)43-14-10-12-41(28-43)24-26-102-61-31-45(19-22-58(61)105-70(79)80)56(38-109(6,99)100)91-68-65(88-74(91)94)40(3)51(35-85-68)49-15-8-9-17-52(49)75/h8-23,28-35,54-56,69-71H,7,24-27,36-38H2,1-6H3,(H,86,92)(H,87,93)(H,88,94). The van der Waals surface area contributed by atoms with Crippen LogP contribution in [0.1, 0.15) is 64.0 Å². The van der Waals surface area contributed by atoms with E-state index in [9.17, 15) is 70.4 Å². The first-order valence-corrected chi connectivity index (χ1v) is 39.5. The van der Waals surface area contributed by atoms with E-state index in [1.54, 1.807) is 57.2 Å². The minimum absolute atomic E-state index is 0.00776. The Hall–Kier alpha value is -11.3. The van der Waals surface area contributed by atoms with Crippen molar-refractivity contribution >= 4 is 63.0 Å². The molecule has 0 bridgehead atoms. The fourth-order valence-corrected chi connectivity index (χ4v) is 15.9. The lowest BCUT2D eigenvalue weighted by Crippen LogP contribution is -2.28. The number of rotatable bonds is 31. The summed E-state index contributed by atoms with van der Waals surface area (Å²) in [5.74, 6) is -5.32. The van der Waals surface area contributed by atoms with Gasteiger partial charge in [0.05, 0.1) is 71.8 Å². The van der Waals surface area contributed by atoms with Crippen molar-refractivity contribution in [3.63, 3.8) is 0 Å². The molecule has 35 heteroatoms. The highest BCUT2D eigenvalue weighted by Crippen LogP contribution is 2.40. The van der Waals surface area contributed by atoms with Crippen LogP contribution in [0.3, 0.4) is 0 Å². The predicted octanol–water partition coefficient (Wildman–Crippen LogP) is 12.0. The molecule has 0 aliphatic heterocycles. The smallest absolute Gasteiger partial charge is 0.387 e. The van der Waals surface area contributed by atoms with Crippen LogP contribution in [0.15, 0.2) is 160 Å². The van der Waals surface area contributed by atoms with Crippen LogP contribution in [-0.2, 0) is 42.4 Å². The van der Waals surface area contributed by atoms with Crippen LogP contribution in [0.2, 0.25) is 0 Å². The average Bonchev–Trinajstić information content (AvgIpc) is 1.63. The molecule has 3 N–H and O–H groups in total. The summed E-state index contributed by atoms with van der Waals surface area (Å²) in [5, 5.41) is 0. The van der Waals surface area contributed by atoms with Crippen molar-refractivity contribution in [3.8, 4) is 67.9 Å². The summed E-state index contributed by atoms with van der Waals surface area (Å²) in [6.45, 7) is -5.56. The molecule has 572 valence electrons. The molecule has 12 aromatic rings. The third-order valence-electron chi connectivity index (χ3n) is 17.9. The van der Waals surface area contributed by atoms with E-state index >= 15 is 4.39 Å². The number of hydrogen-bond donors (Lipinski definition) is 3. The van der Waals surface area contributed by atoms with Gasteiger partial charge in [0.25, 0.3) is 0 Å². The number of aromatic nitrogens is 9. The SMILES string of the molecule is CCOc1cc(C(CS(C)(=O)=O)n2c(=O)[nH]c3cc(-c4cccc(CCOc5cc(C(CS(C)(=O)=O)n6c(=O)[nH]c7c(C)c(-c8cccc(CCOc9cc(C(CS(C)(=O)=O)n%10c(=O)[nH]c%11c(C)c(-c%12ccccc%12F)cnc%11%10)ccc9OC(F)F)c8)cnc76)ccc5OC(F)F)c4F)cnc32)ccc1OC(F)F. The topological polar surface area (TPSA) is 310 Å². The molecule has 0 amide bonds. The highest BCUT2D eigenvalue weighted by Gasteiger charge is 2.32. The minimum Gasteiger partial charge on any atom is -0.490 e. The van der Waals surface area contributed by atoms with E-state index in [1.165, 1.54) is 91.4 Å². The summed E-state index contributed by atoms with van der Waals surface area (Å²) >= 11 is 0. The van der Waals surface area contributed by atoms with E-state index in [0.29, 0.717) is 33.4 Å². The Bertz CT molecular complexity index is 6030. The lowest BCUT2D eigenvalue weighted by atomic mass is 9.99. The van der Waals surface area contributed by atoms with Gasteiger partial charge in [0.2, 0.25) is 0 Å². The van der Waals surface area contributed by atoms with Crippen molar-refractivity contribution in [2.24, 2.45) is 0 Å². The number of sulfone groups is 3. The Morgan fingerprint density at radius 3 is 1.38 bits per heavy atom. The quantitative estimate of drug-likeness (QED) is 0.0340. The second kappa shape index (κ2) is 31.5. The zero-order chi connectivity index (χ0) is 78.1. The van der Waals surface area contributed by atoms with Crippen LogP contribution in [0.25, 0.3) is 66.9 Å². The number of fused-ring (bicyclic) bond motifs is 3. The number of imidazole rings is 3. The summed E-state index contributed by atoms with van der Waals surface area (Å²) in [4.78, 5) is 63.6. The van der Waals surface area contributed by atoms with Gasteiger partial charge in [-0.1, -0.05) is 78.9 Å². The van der Waals surface area contributed by atoms with Crippen LogP contribution in [-0.4, -0.2) is 145 Å². The molecule has 0 fully saturated rings. The lowest BCUT2D eigenvalue weighted by Gasteiger charge is -2.21. The normalized spacial score (nSPS) is 13.1. The van der Waals surface area contributed by atoms with Gasteiger partial charge in [-0.05, 0) is 114 Å². The molecule has 3 atom stereocenters. The van der Waals surface area contributed by atoms with Gasteiger partial charge in [-0.2, -0.15) is 26.3 Å². The Balaban J connectivity index is 0.782. The van der Waals surface area contributed by atoms with Gasteiger partial charge < -0.3 is 43.4 Å². The van der Waals surface area contributed by atoms with Gasteiger partial charge in [-0.25, -0.2) is 63.4 Å². The maximum Gasteiger partial charge on any atom is 0.387 e.